The molecule has 13 heteroatoms. The first kappa shape index (κ1) is 31.5. The molecule has 1 aliphatic carbocycles. The normalized spacial score (nSPS) is 42.6. The van der Waals surface area contributed by atoms with Crippen LogP contribution >= 0.6 is 0 Å². The van der Waals surface area contributed by atoms with E-state index in [0.717, 1.165) is 0 Å². The highest BCUT2D eigenvalue weighted by Crippen LogP contribution is 2.42. The van der Waals surface area contributed by atoms with Gasteiger partial charge in [-0.05, 0) is 42.7 Å². The first-order chi connectivity index (χ1) is 17.8. The van der Waals surface area contributed by atoms with Crippen LogP contribution in [-0.4, -0.2) is 134 Å². The minimum Gasteiger partial charge on any atom is -0.394 e. The standard InChI is InChI=1S/C25H42O13/c1-11(4-5-14-12(8-26)6-13(28)7-25(14,2)3)36-24-22(34)20(32)18(30)16(38-24)10-35-23-21(33)19(31)17(29)15(9-27)37-23/h6,11,14-24,26-27,29-34H,4-5,7-10H2,1-3H3/t11?,14?,15-,16-,17-,18-,19+,20+,21-,22-,23-,24-/m1/s1. The summed E-state index contributed by atoms with van der Waals surface area (Å²) in [6.07, 6.45) is -12.4. The van der Waals surface area contributed by atoms with Gasteiger partial charge in [0.1, 0.15) is 48.8 Å². The highest BCUT2D eigenvalue weighted by molar-refractivity contribution is 5.92. The molecule has 0 aromatic carbocycles. The van der Waals surface area contributed by atoms with Crippen molar-refractivity contribution in [2.24, 2.45) is 11.3 Å². The third-order valence-corrected chi connectivity index (χ3v) is 7.72. The summed E-state index contributed by atoms with van der Waals surface area (Å²) in [5, 5.41) is 80.2. The first-order valence-corrected chi connectivity index (χ1v) is 12.9. The summed E-state index contributed by atoms with van der Waals surface area (Å²) in [5.41, 5.74) is 0.314. The number of allylic oxidation sites excluding steroid dienone is 1. The van der Waals surface area contributed by atoms with Crippen LogP contribution in [0.1, 0.15) is 40.0 Å². The Morgan fingerprint density at radius 3 is 2.11 bits per heavy atom. The maximum absolute atomic E-state index is 12.0. The van der Waals surface area contributed by atoms with Crippen molar-refractivity contribution in [1.82, 2.24) is 0 Å². The maximum Gasteiger partial charge on any atom is 0.186 e. The molecular weight excluding hydrogens is 508 g/mol. The average molecular weight is 551 g/mol. The van der Waals surface area contributed by atoms with Crippen LogP contribution in [0, 0.1) is 11.3 Å². The molecule has 0 spiro atoms. The van der Waals surface area contributed by atoms with E-state index < -0.39 is 80.7 Å². The predicted molar refractivity (Wildman–Crippen MR) is 128 cm³/mol. The number of aliphatic hydroxyl groups is 8. The Morgan fingerprint density at radius 1 is 0.921 bits per heavy atom. The SMILES string of the molecule is CC(CCC1C(CO)=CC(=O)CC1(C)C)O[C@@H]1O[C@H](CO[C@@H]2O[C@H](CO)[C@@H](O)[C@H](O)[C@H]2O)[C@@H](O)[C@H](O)[C@H]1O. The zero-order valence-electron chi connectivity index (χ0n) is 21.9. The van der Waals surface area contributed by atoms with Gasteiger partial charge in [0.2, 0.25) is 0 Å². The Labute approximate surface area is 221 Å². The Morgan fingerprint density at radius 2 is 1.50 bits per heavy atom. The molecule has 8 N–H and O–H groups in total. The zero-order valence-corrected chi connectivity index (χ0v) is 21.9. The minimum atomic E-state index is -1.66. The van der Waals surface area contributed by atoms with E-state index in [2.05, 4.69) is 0 Å². The van der Waals surface area contributed by atoms with Gasteiger partial charge in [0, 0.05) is 6.42 Å². The van der Waals surface area contributed by atoms with Crippen molar-refractivity contribution in [3.05, 3.63) is 11.6 Å². The van der Waals surface area contributed by atoms with Crippen molar-refractivity contribution in [3.63, 3.8) is 0 Å². The Hall–Kier alpha value is -1.07. The topological polar surface area (TPSA) is 216 Å². The highest BCUT2D eigenvalue weighted by atomic mass is 16.7. The summed E-state index contributed by atoms with van der Waals surface area (Å²) < 4.78 is 22.2. The fourth-order valence-electron chi connectivity index (χ4n) is 5.42. The van der Waals surface area contributed by atoms with E-state index in [-0.39, 0.29) is 23.7 Å². The second-order valence-corrected chi connectivity index (χ2v) is 11.1. The molecule has 13 nitrogen and oxygen atoms in total. The second-order valence-electron chi connectivity index (χ2n) is 11.1. The smallest absolute Gasteiger partial charge is 0.186 e. The Kier molecular flexibility index (Phi) is 10.8. The van der Waals surface area contributed by atoms with E-state index in [0.29, 0.717) is 24.8 Å². The lowest BCUT2D eigenvalue weighted by Gasteiger charge is -2.43. The van der Waals surface area contributed by atoms with Gasteiger partial charge in [-0.2, -0.15) is 0 Å². The molecule has 0 radical (unpaired) electrons. The largest absolute Gasteiger partial charge is 0.394 e. The van der Waals surface area contributed by atoms with E-state index in [4.69, 9.17) is 18.9 Å². The van der Waals surface area contributed by atoms with Crippen molar-refractivity contribution in [1.29, 1.82) is 0 Å². The third-order valence-electron chi connectivity index (χ3n) is 7.72. The molecule has 2 unspecified atom stereocenters. The summed E-state index contributed by atoms with van der Waals surface area (Å²) in [7, 11) is 0. The van der Waals surface area contributed by atoms with E-state index in [1.54, 1.807) is 6.92 Å². The molecular formula is C25H42O13. The van der Waals surface area contributed by atoms with Crippen molar-refractivity contribution >= 4 is 5.78 Å². The molecule has 2 saturated heterocycles. The molecule has 3 rings (SSSR count). The summed E-state index contributed by atoms with van der Waals surface area (Å²) >= 11 is 0. The monoisotopic (exact) mass is 550 g/mol. The van der Waals surface area contributed by atoms with Crippen LogP contribution in [0.25, 0.3) is 0 Å². The van der Waals surface area contributed by atoms with Crippen molar-refractivity contribution in [3.8, 4) is 0 Å². The molecule has 220 valence electrons. The van der Waals surface area contributed by atoms with Crippen LogP contribution in [0.2, 0.25) is 0 Å². The van der Waals surface area contributed by atoms with Crippen LogP contribution < -0.4 is 0 Å². The molecule has 38 heavy (non-hydrogen) atoms. The summed E-state index contributed by atoms with van der Waals surface area (Å²) in [5.74, 6) is -0.0802. The molecule has 0 amide bonds. The van der Waals surface area contributed by atoms with E-state index >= 15 is 0 Å². The lowest BCUT2D eigenvalue weighted by atomic mass is 9.66. The molecule has 2 fully saturated rings. The molecule has 0 saturated carbocycles. The van der Waals surface area contributed by atoms with Gasteiger partial charge in [-0.25, -0.2) is 0 Å². The number of hydrogen-bond acceptors (Lipinski definition) is 13. The first-order valence-electron chi connectivity index (χ1n) is 12.9. The third kappa shape index (κ3) is 6.97. The quantitative estimate of drug-likeness (QED) is 0.139. The van der Waals surface area contributed by atoms with E-state index in [9.17, 15) is 45.6 Å². The molecule has 0 aromatic rings. The summed E-state index contributed by atoms with van der Waals surface area (Å²) in [4.78, 5) is 12.0. The molecule has 3 aliphatic rings. The number of ketones is 1. The van der Waals surface area contributed by atoms with E-state index in [1.165, 1.54) is 6.08 Å². The van der Waals surface area contributed by atoms with Gasteiger partial charge in [0.05, 0.1) is 25.9 Å². The average Bonchev–Trinajstić information content (AvgIpc) is 2.86. The van der Waals surface area contributed by atoms with Gasteiger partial charge >= 0.3 is 0 Å². The van der Waals surface area contributed by atoms with Crippen molar-refractivity contribution in [2.75, 3.05) is 19.8 Å². The summed E-state index contributed by atoms with van der Waals surface area (Å²) in [6.45, 7) is 4.37. The van der Waals surface area contributed by atoms with Crippen LogP contribution in [-0.2, 0) is 23.7 Å². The van der Waals surface area contributed by atoms with Crippen molar-refractivity contribution in [2.45, 2.75) is 108 Å². The Balaban J connectivity index is 1.58. The number of ether oxygens (including phenoxy) is 4. The van der Waals surface area contributed by atoms with Crippen LogP contribution in [0.5, 0.6) is 0 Å². The van der Waals surface area contributed by atoms with Gasteiger partial charge in [0.25, 0.3) is 0 Å². The van der Waals surface area contributed by atoms with Crippen LogP contribution in [0.4, 0.5) is 0 Å². The number of hydrogen-bond donors (Lipinski definition) is 8. The number of carbonyl (C=O) groups excluding carboxylic acids is 1. The highest BCUT2D eigenvalue weighted by Gasteiger charge is 2.48. The predicted octanol–water partition coefficient (Wildman–Crippen LogP) is -2.67. The molecule has 12 atom stereocenters. The van der Waals surface area contributed by atoms with Crippen LogP contribution in [0.15, 0.2) is 11.6 Å². The zero-order chi connectivity index (χ0) is 28.4. The van der Waals surface area contributed by atoms with Gasteiger partial charge in [-0.15, -0.1) is 0 Å². The van der Waals surface area contributed by atoms with Gasteiger partial charge in [-0.3, -0.25) is 4.79 Å². The lowest BCUT2D eigenvalue weighted by Crippen LogP contribution is -2.62. The fraction of sp³-hybridized carbons (Fsp3) is 0.880. The van der Waals surface area contributed by atoms with Gasteiger partial charge in [0.15, 0.2) is 18.4 Å². The summed E-state index contributed by atoms with van der Waals surface area (Å²) in [6, 6.07) is 0. The van der Waals surface area contributed by atoms with E-state index in [1.807, 2.05) is 13.8 Å². The second kappa shape index (κ2) is 13.1. The Bertz CT molecular complexity index is 817. The molecule has 2 aliphatic heterocycles. The van der Waals surface area contributed by atoms with Gasteiger partial charge in [-0.1, -0.05) is 13.8 Å². The molecule has 2 heterocycles. The number of carbonyl (C=O) groups is 1. The minimum absolute atomic E-state index is 0.0251. The maximum atomic E-state index is 12.0. The van der Waals surface area contributed by atoms with Crippen LogP contribution in [0.3, 0.4) is 0 Å². The fourth-order valence-corrected chi connectivity index (χ4v) is 5.42. The van der Waals surface area contributed by atoms with Gasteiger partial charge < -0.3 is 59.8 Å². The number of rotatable bonds is 10. The lowest BCUT2D eigenvalue weighted by molar-refractivity contribution is -0.335. The number of aliphatic hydroxyl groups excluding tert-OH is 8. The molecule has 0 aromatic heterocycles. The molecule has 0 bridgehead atoms. The van der Waals surface area contributed by atoms with Crippen molar-refractivity contribution < 1.29 is 64.6 Å².